The molecule has 19 heavy (non-hydrogen) atoms. The van der Waals surface area contributed by atoms with Crippen LogP contribution in [0, 0.1) is 0 Å². The summed E-state index contributed by atoms with van der Waals surface area (Å²) in [5, 5.41) is 12.0. The summed E-state index contributed by atoms with van der Waals surface area (Å²) in [4.78, 5) is 1.39. The normalized spacial score (nSPS) is 19.4. The number of hydrogen-bond acceptors (Lipinski definition) is 4. The van der Waals surface area contributed by atoms with Gasteiger partial charge >= 0.3 is 0 Å². The molecule has 1 aliphatic rings. The smallest absolute Gasteiger partial charge is 0.153 e. The number of aryl methyl sites for hydroxylation is 1. The Hall–Kier alpha value is -0.850. The van der Waals surface area contributed by atoms with Gasteiger partial charge < -0.3 is 5.32 Å². The highest BCUT2D eigenvalue weighted by Gasteiger charge is 2.32. The zero-order chi connectivity index (χ0) is 13.4. The predicted octanol–water partition coefficient (Wildman–Crippen LogP) is 2.56. The van der Waals surface area contributed by atoms with Crippen LogP contribution in [0.15, 0.2) is 33.8 Å². The van der Waals surface area contributed by atoms with Crippen LogP contribution in [-0.4, -0.2) is 27.3 Å². The van der Waals surface area contributed by atoms with E-state index in [4.69, 9.17) is 0 Å². The summed E-state index contributed by atoms with van der Waals surface area (Å²) >= 11 is 5.43. The first kappa shape index (κ1) is 13.1. The van der Waals surface area contributed by atoms with Crippen LogP contribution in [0.5, 0.6) is 0 Å². The summed E-state index contributed by atoms with van der Waals surface area (Å²) in [5.74, 6) is 0. The molecular weight excluding hydrogens is 324 g/mol. The van der Waals surface area contributed by atoms with Crippen molar-refractivity contribution in [1.82, 2.24) is 20.3 Å². The number of halogens is 1. The lowest BCUT2D eigenvalue weighted by Gasteiger charge is -2.22. The maximum absolute atomic E-state index is 4.09. The van der Waals surface area contributed by atoms with Gasteiger partial charge in [-0.15, -0.1) is 16.9 Å². The minimum absolute atomic E-state index is 0.228. The molecule has 0 spiro atoms. The number of thioether (sulfide) groups is 1. The molecule has 6 heteroatoms. The zero-order valence-corrected chi connectivity index (χ0v) is 13.2. The Morgan fingerprint density at radius 3 is 2.89 bits per heavy atom. The van der Waals surface area contributed by atoms with E-state index < -0.39 is 0 Å². The van der Waals surface area contributed by atoms with E-state index in [2.05, 4.69) is 55.8 Å². The first-order valence-electron chi connectivity index (χ1n) is 6.17. The van der Waals surface area contributed by atoms with Crippen molar-refractivity contribution in [3.8, 4) is 0 Å². The first-order chi connectivity index (χ1) is 9.20. The van der Waals surface area contributed by atoms with Crippen LogP contribution in [0.25, 0.3) is 0 Å². The van der Waals surface area contributed by atoms with Crippen molar-refractivity contribution in [2.75, 3.05) is 7.05 Å². The van der Waals surface area contributed by atoms with Crippen molar-refractivity contribution in [2.45, 2.75) is 22.6 Å². The lowest BCUT2D eigenvalue weighted by molar-refractivity contribution is 0.518. The lowest BCUT2D eigenvalue weighted by Crippen LogP contribution is -2.29. The molecule has 3 rings (SSSR count). The van der Waals surface area contributed by atoms with Gasteiger partial charge in [-0.3, -0.25) is 0 Å². The highest BCUT2D eigenvalue weighted by atomic mass is 79.9. The van der Waals surface area contributed by atoms with Gasteiger partial charge in [-0.05, 0) is 41.0 Å². The quantitative estimate of drug-likeness (QED) is 0.933. The van der Waals surface area contributed by atoms with Crippen molar-refractivity contribution in [3.63, 3.8) is 0 Å². The summed E-state index contributed by atoms with van der Waals surface area (Å²) in [6, 6.07) is 8.85. The van der Waals surface area contributed by atoms with Crippen molar-refractivity contribution in [3.05, 3.63) is 40.1 Å². The molecule has 100 valence electrons. The topological polar surface area (TPSA) is 42.7 Å². The van der Waals surface area contributed by atoms with E-state index in [1.807, 2.05) is 30.5 Å². The third kappa shape index (κ3) is 2.32. The van der Waals surface area contributed by atoms with E-state index in [9.17, 15) is 0 Å². The van der Waals surface area contributed by atoms with Crippen molar-refractivity contribution in [1.29, 1.82) is 0 Å². The fourth-order valence-electron chi connectivity index (χ4n) is 2.56. The predicted molar refractivity (Wildman–Crippen MR) is 80.3 cm³/mol. The zero-order valence-electron chi connectivity index (χ0n) is 10.8. The van der Waals surface area contributed by atoms with E-state index >= 15 is 0 Å². The van der Waals surface area contributed by atoms with Gasteiger partial charge in [0.05, 0.1) is 11.7 Å². The van der Waals surface area contributed by atoms with Crippen LogP contribution in [0.4, 0.5) is 0 Å². The van der Waals surface area contributed by atoms with Gasteiger partial charge in [0.15, 0.2) is 4.60 Å². The number of hydrogen-bond donors (Lipinski definition) is 1. The molecule has 0 radical (unpaired) electrons. The molecule has 1 aliphatic heterocycles. The van der Waals surface area contributed by atoms with E-state index in [-0.39, 0.29) is 6.04 Å². The Bertz CT molecular complexity index is 554. The van der Waals surface area contributed by atoms with Crippen molar-refractivity contribution < 1.29 is 0 Å². The van der Waals surface area contributed by atoms with Crippen molar-refractivity contribution >= 4 is 27.7 Å². The van der Waals surface area contributed by atoms with Gasteiger partial charge in [-0.25, -0.2) is 4.68 Å². The highest BCUT2D eigenvalue weighted by molar-refractivity contribution is 9.10. The van der Waals surface area contributed by atoms with Crippen LogP contribution < -0.4 is 5.32 Å². The minimum Gasteiger partial charge on any atom is -0.311 e. The summed E-state index contributed by atoms with van der Waals surface area (Å²) in [6.07, 6.45) is 1.07. The molecule has 1 aromatic carbocycles. The molecule has 0 saturated heterocycles. The molecule has 1 N–H and O–H groups in total. The summed E-state index contributed by atoms with van der Waals surface area (Å²) in [6.45, 7) is 0. The van der Waals surface area contributed by atoms with Crippen LogP contribution >= 0.6 is 27.7 Å². The summed E-state index contributed by atoms with van der Waals surface area (Å²) in [7, 11) is 3.93. The number of fused-ring (bicyclic) bond motifs is 1. The molecule has 2 unspecified atom stereocenters. The number of rotatable bonds is 3. The second-order valence-electron chi connectivity index (χ2n) is 4.62. The number of aromatic nitrogens is 3. The van der Waals surface area contributed by atoms with E-state index in [1.54, 1.807) is 0 Å². The molecule has 4 nitrogen and oxygen atoms in total. The molecule has 2 heterocycles. The average Bonchev–Trinajstić information content (AvgIpc) is 2.97. The van der Waals surface area contributed by atoms with Crippen LogP contribution in [0.1, 0.15) is 17.3 Å². The molecular formula is C13H15BrN4S. The van der Waals surface area contributed by atoms with E-state index in [0.29, 0.717) is 5.25 Å². The fourth-order valence-corrected chi connectivity index (χ4v) is 4.59. The van der Waals surface area contributed by atoms with Crippen LogP contribution in [0.3, 0.4) is 0 Å². The van der Waals surface area contributed by atoms with E-state index in [1.165, 1.54) is 10.5 Å². The number of nitrogens with zero attached hydrogens (tertiary/aromatic N) is 3. The van der Waals surface area contributed by atoms with Crippen LogP contribution in [-0.2, 0) is 13.5 Å². The van der Waals surface area contributed by atoms with E-state index in [0.717, 1.165) is 16.7 Å². The Labute approximate surface area is 125 Å². The van der Waals surface area contributed by atoms with Gasteiger partial charge in [0.2, 0.25) is 0 Å². The highest BCUT2D eigenvalue weighted by Crippen LogP contribution is 2.43. The third-order valence-electron chi connectivity index (χ3n) is 3.48. The SMILES string of the molecule is CNC(c1c(Br)nnn1C)C1Cc2ccccc2S1. The minimum atomic E-state index is 0.228. The van der Waals surface area contributed by atoms with Gasteiger partial charge in [-0.2, -0.15) is 0 Å². The fraction of sp³-hybridized carbons (Fsp3) is 0.385. The molecule has 0 fully saturated rings. The Balaban J connectivity index is 1.90. The molecule has 0 aliphatic carbocycles. The maximum Gasteiger partial charge on any atom is 0.153 e. The van der Waals surface area contributed by atoms with Gasteiger partial charge in [0, 0.05) is 17.2 Å². The standard InChI is InChI=1S/C13H15BrN4S/c1-15-11(12-13(14)16-17-18(12)2)10-7-8-5-3-4-6-9(8)19-10/h3-6,10-11,15H,7H2,1-2H3. The number of nitrogens with one attached hydrogen (secondary N) is 1. The lowest BCUT2D eigenvalue weighted by atomic mass is 10.0. The Morgan fingerprint density at radius 2 is 2.26 bits per heavy atom. The molecule has 2 atom stereocenters. The molecule has 2 aromatic rings. The maximum atomic E-state index is 4.09. The van der Waals surface area contributed by atoms with Gasteiger partial charge in [-0.1, -0.05) is 23.4 Å². The second kappa shape index (κ2) is 5.26. The van der Waals surface area contributed by atoms with Crippen molar-refractivity contribution in [2.24, 2.45) is 7.05 Å². The monoisotopic (exact) mass is 338 g/mol. The van der Waals surface area contributed by atoms with Gasteiger partial charge in [0.25, 0.3) is 0 Å². The third-order valence-corrected chi connectivity index (χ3v) is 5.43. The van der Waals surface area contributed by atoms with Crippen LogP contribution in [0.2, 0.25) is 0 Å². The summed E-state index contributed by atoms with van der Waals surface area (Å²) in [5.41, 5.74) is 2.54. The summed E-state index contributed by atoms with van der Waals surface area (Å²) < 4.78 is 2.67. The molecule has 0 amide bonds. The van der Waals surface area contributed by atoms with Gasteiger partial charge in [0.1, 0.15) is 0 Å². The molecule has 0 bridgehead atoms. The molecule has 1 aromatic heterocycles. The molecule has 0 saturated carbocycles. The Kier molecular flexibility index (Phi) is 3.64. The first-order valence-corrected chi connectivity index (χ1v) is 7.85. The second-order valence-corrected chi connectivity index (χ2v) is 6.66. The number of benzene rings is 1. The average molecular weight is 339 g/mol. The largest absolute Gasteiger partial charge is 0.311 e. The Morgan fingerprint density at radius 1 is 1.47 bits per heavy atom.